The monoisotopic (exact) mass is 294 g/mol. The van der Waals surface area contributed by atoms with E-state index in [1.807, 2.05) is 6.07 Å². The Morgan fingerprint density at radius 1 is 1.18 bits per heavy atom. The summed E-state index contributed by atoms with van der Waals surface area (Å²) in [6.07, 6.45) is 4.37. The molecule has 0 aliphatic carbocycles. The van der Waals surface area contributed by atoms with E-state index in [1.54, 1.807) is 24.5 Å². The van der Waals surface area contributed by atoms with Gasteiger partial charge in [-0.05, 0) is 46.1 Å². The average Bonchev–Trinajstić information content (AvgIpc) is 2.32. The lowest BCUT2D eigenvalue weighted by molar-refractivity contribution is 0.627. The molecule has 0 unspecified atom stereocenters. The van der Waals surface area contributed by atoms with Crippen LogP contribution in [0, 0.1) is 5.82 Å². The fourth-order valence-corrected chi connectivity index (χ4v) is 1.88. The van der Waals surface area contributed by atoms with Crippen LogP contribution in [-0.2, 0) is 6.42 Å². The van der Waals surface area contributed by atoms with Gasteiger partial charge in [0.05, 0.1) is 11.9 Å². The highest BCUT2D eigenvalue weighted by molar-refractivity contribution is 9.10. The predicted molar refractivity (Wildman–Crippen MR) is 70.5 cm³/mol. The summed E-state index contributed by atoms with van der Waals surface area (Å²) in [4.78, 5) is 4.06. The number of anilines is 1. The first-order chi connectivity index (χ1) is 8.24. The zero-order valence-electron chi connectivity index (χ0n) is 9.16. The van der Waals surface area contributed by atoms with Crippen LogP contribution >= 0.6 is 15.9 Å². The molecular formula is C13H12BrFN2. The molecule has 0 spiro atoms. The molecule has 17 heavy (non-hydrogen) atoms. The SMILES string of the molecule is Fc1ccc(CCNc2cncc(Br)c2)cc1. The largest absolute Gasteiger partial charge is 0.383 e. The van der Waals surface area contributed by atoms with Crippen LogP contribution in [0.5, 0.6) is 0 Å². The summed E-state index contributed by atoms with van der Waals surface area (Å²) in [6.45, 7) is 0.795. The van der Waals surface area contributed by atoms with Crippen molar-refractivity contribution in [3.63, 3.8) is 0 Å². The number of nitrogens with one attached hydrogen (secondary N) is 1. The van der Waals surface area contributed by atoms with E-state index in [2.05, 4.69) is 26.2 Å². The van der Waals surface area contributed by atoms with Gasteiger partial charge in [0.1, 0.15) is 5.82 Å². The molecule has 0 bridgehead atoms. The van der Waals surface area contributed by atoms with E-state index < -0.39 is 0 Å². The third-order valence-electron chi connectivity index (χ3n) is 2.36. The number of nitrogens with zero attached hydrogens (tertiary/aromatic N) is 1. The normalized spacial score (nSPS) is 10.2. The van der Waals surface area contributed by atoms with Gasteiger partial charge < -0.3 is 5.32 Å². The van der Waals surface area contributed by atoms with Crippen molar-refractivity contribution < 1.29 is 4.39 Å². The Bertz CT molecular complexity index is 485. The molecule has 1 N–H and O–H groups in total. The second kappa shape index (κ2) is 5.77. The Morgan fingerprint density at radius 2 is 1.94 bits per heavy atom. The van der Waals surface area contributed by atoms with Gasteiger partial charge in [0.15, 0.2) is 0 Å². The number of benzene rings is 1. The summed E-state index contributed by atoms with van der Waals surface area (Å²) in [5, 5.41) is 3.26. The summed E-state index contributed by atoms with van der Waals surface area (Å²) < 4.78 is 13.6. The zero-order valence-corrected chi connectivity index (χ0v) is 10.7. The van der Waals surface area contributed by atoms with Gasteiger partial charge in [-0.25, -0.2) is 4.39 Å². The second-order valence-corrected chi connectivity index (χ2v) is 4.61. The second-order valence-electron chi connectivity index (χ2n) is 3.70. The van der Waals surface area contributed by atoms with E-state index in [1.165, 1.54) is 12.1 Å². The van der Waals surface area contributed by atoms with E-state index in [4.69, 9.17) is 0 Å². The molecule has 0 aliphatic heterocycles. The first-order valence-corrected chi connectivity index (χ1v) is 6.12. The Kier molecular flexibility index (Phi) is 4.09. The van der Waals surface area contributed by atoms with Gasteiger partial charge in [0.25, 0.3) is 0 Å². The Balaban J connectivity index is 1.85. The molecule has 0 atom stereocenters. The number of aromatic nitrogens is 1. The van der Waals surface area contributed by atoms with E-state index in [-0.39, 0.29) is 5.82 Å². The van der Waals surface area contributed by atoms with Crippen molar-refractivity contribution in [2.24, 2.45) is 0 Å². The summed E-state index contributed by atoms with van der Waals surface area (Å²) in [5.74, 6) is -0.196. The van der Waals surface area contributed by atoms with E-state index in [9.17, 15) is 4.39 Å². The standard InChI is InChI=1S/C13H12BrFN2/c14-11-7-13(9-16-8-11)17-6-5-10-1-3-12(15)4-2-10/h1-4,7-9,17H,5-6H2. The summed E-state index contributed by atoms with van der Waals surface area (Å²) >= 11 is 3.36. The number of rotatable bonds is 4. The van der Waals surface area contributed by atoms with Crippen molar-refractivity contribution in [1.29, 1.82) is 0 Å². The Morgan fingerprint density at radius 3 is 2.65 bits per heavy atom. The van der Waals surface area contributed by atoms with E-state index in [0.717, 1.165) is 28.7 Å². The van der Waals surface area contributed by atoms with Crippen LogP contribution in [-0.4, -0.2) is 11.5 Å². The first kappa shape index (κ1) is 12.0. The highest BCUT2D eigenvalue weighted by Crippen LogP contribution is 2.13. The van der Waals surface area contributed by atoms with Crippen LogP contribution in [0.15, 0.2) is 47.2 Å². The molecule has 0 amide bonds. The molecule has 0 radical (unpaired) electrons. The molecule has 88 valence electrons. The maximum absolute atomic E-state index is 12.7. The quantitative estimate of drug-likeness (QED) is 0.931. The van der Waals surface area contributed by atoms with Gasteiger partial charge in [-0.2, -0.15) is 0 Å². The summed E-state index contributed by atoms with van der Waals surface area (Å²) in [6, 6.07) is 8.54. The van der Waals surface area contributed by atoms with Crippen LogP contribution in [0.4, 0.5) is 10.1 Å². The minimum Gasteiger partial charge on any atom is -0.383 e. The molecule has 1 aromatic carbocycles. The smallest absolute Gasteiger partial charge is 0.123 e. The van der Waals surface area contributed by atoms with Gasteiger partial charge in [-0.15, -0.1) is 0 Å². The average molecular weight is 295 g/mol. The van der Waals surface area contributed by atoms with Crippen LogP contribution < -0.4 is 5.32 Å². The lowest BCUT2D eigenvalue weighted by Crippen LogP contribution is -2.05. The molecular weight excluding hydrogens is 283 g/mol. The summed E-state index contributed by atoms with van der Waals surface area (Å²) in [5.41, 5.74) is 2.09. The van der Waals surface area contributed by atoms with Crippen molar-refractivity contribution in [1.82, 2.24) is 4.98 Å². The van der Waals surface area contributed by atoms with E-state index >= 15 is 0 Å². The molecule has 1 aromatic heterocycles. The van der Waals surface area contributed by atoms with E-state index in [0.29, 0.717) is 0 Å². The lowest BCUT2D eigenvalue weighted by atomic mass is 10.1. The first-order valence-electron chi connectivity index (χ1n) is 5.33. The van der Waals surface area contributed by atoms with Crippen molar-refractivity contribution in [3.8, 4) is 0 Å². The number of hydrogen-bond donors (Lipinski definition) is 1. The zero-order chi connectivity index (χ0) is 12.1. The molecule has 0 aliphatic rings. The number of pyridine rings is 1. The van der Waals surface area contributed by atoms with Crippen LogP contribution in [0.1, 0.15) is 5.56 Å². The van der Waals surface area contributed by atoms with Crippen molar-refractivity contribution in [2.45, 2.75) is 6.42 Å². The number of hydrogen-bond acceptors (Lipinski definition) is 2. The third-order valence-corrected chi connectivity index (χ3v) is 2.79. The molecule has 2 nitrogen and oxygen atoms in total. The maximum atomic E-state index is 12.7. The van der Waals surface area contributed by atoms with Gasteiger partial charge in [0, 0.05) is 17.2 Å². The summed E-state index contributed by atoms with van der Waals surface area (Å²) in [7, 11) is 0. The molecule has 2 aromatic rings. The third kappa shape index (κ3) is 3.82. The Labute approximate surface area is 108 Å². The van der Waals surface area contributed by atoms with Crippen molar-refractivity contribution in [3.05, 3.63) is 58.6 Å². The molecule has 1 heterocycles. The molecule has 0 fully saturated rings. The fourth-order valence-electron chi connectivity index (χ4n) is 1.51. The minimum absolute atomic E-state index is 0.196. The van der Waals surface area contributed by atoms with Gasteiger partial charge >= 0.3 is 0 Å². The molecule has 4 heteroatoms. The van der Waals surface area contributed by atoms with Gasteiger partial charge in [0.2, 0.25) is 0 Å². The Hall–Kier alpha value is -1.42. The lowest BCUT2D eigenvalue weighted by Gasteiger charge is -2.06. The van der Waals surface area contributed by atoms with Crippen LogP contribution in [0.25, 0.3) is 0 Å². The maximum Gasteiger partial charge on any atom is 0.123 e. The van der Waals surface area contributed by atoms with Crippen molar-refractivity contribution in [2.75, 3.05) is 11.9 Å². The van der Waals surface area contributed by atoms with Crippen LogP contribution in [0.3, 0.4) is 0 Å². The molecule has 2 rings (SSSR count). The van der Waals surface area contributed by atoms with Crippen molar-refractivity contribution >= 4 is 21.6 Å². The highest BCUT2D eigenvalue weighted by Gasteiger charge is 1.96. The van der Waals surface area contributed by atoms with Crippen LogP contribution in [0.2, 0.25) is 0 Å². The highest BCUT2D eigenvalue weighted by atomic mass is 79.9. The van der Waals surface area contributed by atoms with Gasteiger partial charge in [-0.1, -0.05) is 12.1 Å². The van der Waals surface area contributed by atoms with Gasteiger partial charge in [-0.3, -0.25) is 4.98 Å². The molecule has 0 saturated carbocycles. The molecule has 0 saturated heterocycles. The predicted octanol–water partition coefficient (Wildman–Crippen LogP) is 3.64. The number of halogens is 2. The fraction of sp³-hybridized carbons (Fsp3) is 0.154. The topological polar surface area (TPSA) is 24.9 Å². The minimum atomic E-state index is -0.196.